The number of rotatable bonds is 18. The van der Waals surface area contributed by atoms with Crippen LogP contribution in [0.3, 0.4) is 0 Å². The molecule has 0 N–H and O–H groups in total. The van der Waals surface area contributed by atoms with E-state index in [9.17, 15) is 9.59 Å². The topological polar surface area (TPSA) is 134 Å². The smallest absolute Gasteiger partial charge is 0.320 e. The summed E-state index contributed by atoms with van der Waals surface area (Å²) in [7, 11) is 3.24. The molecular formula is C46H48N2O10. The van der Waals surface area contributed by atoms with E-state index in [1.807, 2.05) is 64.1 Å². The van der Waals surface area contributed by atoms with E-state index in [2.05, 4.69) is 9.97 Å². The maximum atomic E-state index is 12.7. The minimum Gasteiger partial charge on any atom is -0.497 e. The van der Waals surface area contributed by atoms with E-state index in [1.165, 1.54) is 6.92 Å². The van der Waals surface area contributed by atoms with Crippen molar-refractivity contribution in [3.8, 4) is 34.5 Å². The maximum Gasteiger partial charge on any atom is 0.320 e. The van der Waals surface area contributed by atoms with Crippen LogP contribution in [-0.2, 0) is 45.5 Å². The molecule has 6 aromatic rings. The lowest BCUT2D eigenvalue weighted by molar-refractivity contribution is -0.162. The fourth-order valence-electron chi connectivity index (χ4n) is 5.93. The number of hydrogen-bond acceptors (Lipinski definition) is 12. The molecule has 4 aromatic carbocycles. The first-order valence-electron chi connectivity index (χ1n) is 19.0. The van der Waals surface area contributed by atoms with Crippen LogP contribution in [-0.4, -0.2) is 48.3 Å². The molecule has 12 heteroatoms. The normalized spacial score (nSPS) is 11.2. The number of carbonyl (C=O) groups excluding carboxylic acids is 2. The summed E-state index contributed by atoms with van der Waals surface area (Å²) in [4.78, 5) is 34.6. The Bertz CT molecular complexity index is 2180. The molecule has 0 aliphatic carbocycles. The van der Waals surface area contributed by atoms with Gasteiger partial charge in [0.2, 0.25) is 0 Å². The number of nitrogens with zero attached hydrogens (tertiary/aromatic N) is 2. The number of carbonyl (C=O) groups is 2. The molecule has 0 aliphatic rings. The Kier molecular flexibility index (Phi) is 13.5. The van der Waals surface area contributed by atoms with Crippen molar-refractivity contribution in [2.75, 3.05) is 14.2 Å². The molecule has 0 atom stereocenters. The van der Waals surface area contributed by atoms with Gasteiger partial charge in [-0.3, -0.25) is 19.6 Å². The highest BCUT2D eigenvalue weighted by atomic mass is 16.6. The fraction of sp³-hybridized carbons (Fsp3) is 0.304. The first kappa shape index (κ1) is 41.1. The van der Waals surface area contributed by atoms with Crippen LogP contribution >= 0.6 is 0 Å². The van der Waals surface area contributed by atoms with Crippen LogP contribution in [0, 0.1) is 5.92 Å². The molecule has 0 unspecified atom stereocenters. The molecule has 302 valence electrons. The van der Waals surface area contributed by atoms with Crippen molar-refractivity contribution in [2.45, 2.75) is 73.3 Å². The van der Waals surface area contributed by atoms with Crippen molar-refractivity contribution in [3.05, 3.63) is 120 Å². The van der Waals surface area contributed by atoms with Crippen molar-refractivity contribution < 1.29 is 47.5 Å². The second kappa shape index (κ2) is 19.1. The summed E-state index contributed by atoms with van der Waals surface area (Å²) in [6, 6.07) is 25.6. The van der Waals surface area contributed by atoms with Gasteiger partial charge in [-0.25, -0.2) is 0 Å². The fourth-order valence-corrected chi connectivity index (χ4v) is 5.93. The predicted octanol–water partition coefficient (Wildman–Crippen LogP) is 8.96. The van der Waals surface area contributed by atoms with Gasteiger partial charge in [0.15, 0.2) is 5.92 Å². The SMILES string of the molecule is COc1ccc2ncc(COc3ccc(COC(=O)C(C)C(=O)OCc4ccc(OCc5cnc6ccc(OC)cc6c5OC(C)C)cc4)cc3)c(OC(C)C)c2c1. The van der Waals surface area contributed by atoms with E-state index in [4.69, 9.17) is 37.9 Å². The summed E-state index contributed by atoms with van der Waals surface area (Å²) >= 11 is 0. The Hall–Kier alpha value is -6.56. The zero-order valence-corrected chi connectivity index (χ0v) is 33.8. The van der Waals surface area contributed by atoms with Gasteiger partial charge in [0, 0.05) is 23.2 Å². The van der Waals surface area contributed by atoms with Gasteiger partial charge in [-0.2, -0.15) is 0 Å². The number of ether oxygens (including phenoxy) is 8. The quantitative estimate of drug-likeness (QED) is 0.0608. The summed E-state index contributed by atoms with van der Waals surface area (Å²) in [6.07, 6.45) is 3.39. The molecule has 6 rings (SSSR count). The Morgan fingerprint density at radius 1 is 0.517 bits per heavy atom. The van der Waals surface area contributed by atoms with Crippen LogP contribution in [0.4, 0.5) is 0 Å². The van der Waals surface area contributed by atoms with E-state index >= 15 is 0 Å². The average Bonchev–Trinajstić information content (AvgIpc) is 3.23. The molecule has 2 heterocycles. The lowest BCUT2D eigenvalue weighted by atomic mass is 10.1. The molecule has 0 saturated heterocycles. The van der Waals surface area contributed by atoms with Gasteiger partial charge in [0.05, 0.1) is 48.6 Å². The molecule has 0 radical (unpaired) electrons. The summed E-state index contributed by atoms with van der Waals surface area (Å²) in [5, 5.41) is 1.68. The number of pyridine rings is 2. The molecule has 0 bridgehead atoms. The standard InChI is InChI=1S/C46H48N2O10/c1-28(2)57-43-33(22-47-41-18-16-37(51-6)20-39(41)43)26-53-35-12-8-31(9-13-35)24-55-45(49)30(5)46(50)56-25-32-10-14-36(15-11-32)54-27-34-23-48-42-19-17-38(52-7)21-40(42)44(34)58-29(3)4/h8-23,28-30H,24-27H2,1-7H3. The van der Waals surface area contributed by atoms with Gasteiger partial charge in [-0.05, 0) is 106 Å². The first-order chi connectivity index (χ1) is 28.0. The summed E-state index contributed by atoms with van der Waals surface area (Å²) < 4.78 is 46.2. The zero-order valence-electron chi connectivity index (χ0n) is 33.8. The minimum atomic E-state index is -1.11. The van der Waals surface area contributed by atoms with Crippen LogP contribution in [0.2, 0.25) is 0 Å². The average molecular weight is 789 g/mol. The van der Waals surface area contributed by atoms with Crippen molar-refractivity contribution in [1.29, 1.82) is 0 Å². The number of esters is 2. The summed E-state index contributed by atoms with van der Waals surface area (Å²) in [5.74, 6) is 1.54. The highest BCUT2D eigenvalue weighted by Gasteiger charge is 2.25. The third kappa shape index (κ3) is 10.4. The van der Waals surface area contributed by atoms with Crippen LogP contribution in [0.5, 0.6) is 34.5 Å². The number of benzene rings is 4. The van der Waals surface area contributed by atoms with E-state index in [0.29, 0.717) is 34.5 Å². The zero-order chi connectivity index (χ0) is 41.2. The second-order valence-corrected chi connectivity index (χ2v) is 14.1. The van der Waals surface area contributed by atoms with Crippen LogP contribution in [0.25, 0.3) is 21.8 Å². The molecule has 12 nitrogen and oxygen atoms in total. The largest absolute Gasteiger partial charge is 0.497 e. The van der Waals surface area contributed by atoms with Crippen molar-refractivity contribution in [1.82, 2.24) is 9.97 Å². The van der Waals surface area contributed by atoms with Crippen molar-refractivity contribution >= 4 is 33.7 Å². The molecule has 2 aromatic heterocycles. The predicted molar refractivity (Wildman–Crippen MR) is 218 cm³/mol. The highest BCUT2D eigenvalue weighted by molar-refractivity contribution is 5.94. The van der Waals surface area contributed by atoms with Crippen molar-refractivity contribution in [3.63, 3.8) is 0 Å². The Labute approximate surface area is 337 Å². The third-order valence-corrected chi connectivity index (χ3v) is 9.01. The Morgan fingerprint density at radius 2 is 0.897 bits per heavy atom. The van der Waals surface area contributed by atoms with Gasteiger partial charge < -0.3 is 37.9 Å². The molecule has 0 fully saturated rings. The van der Waals surface area contributed by atoms with Gasteiger partial charge in [0.25, 0.3) is 0 Å². The van der Waals surface area contributed by atoms with E-state index < -0.39 is 17.9 Å². The minimum absolute atomic E-state index is 0.0183. The van der Waals surface area contributed by atoms with E-state index in [-0.39, 0.29) is 38.6 Å². The van der Waals surface area contributed by atoms with Crippen molar-refractivity contribution in [2.24, 2.45) is 5.92 Å². The van der Waals surface area contributed by atoms with Crippen LogP contribution in [0.15, 0.2) is 97.3 Å². The Morgan fingerprint density at radius 3 is 1.26 bits per heavy atom. The molecule has 58 heavy (non-hydrogen) atoms. The van der Waals surface area contributed by atoms with Gasteiger partial charge >= 0.3 is 11.9 Å². The lowest BCUT2D eigenvalue weighted by Crippen LogP contribution is -2.25. The highest BCUT2D eigenvalue weighted by Crippen LogP contribution is 2.34. The number of methoxy groups -OCH3 is 2. The molecule has 0 amide bonds. The molecule has 0 saturated carbocycles. The summed E-state index contributed by atoms with van der Waals surface area (Å²) in [5.41, 5.74) is 4.62. The third-order valence-electron chi connectivity index (χ3n) is 9.01. The monoisotopic (exact) mass is 788 g/mol. The number of fused-ring (bicyclic) bond motifs is 2. The van der Waals surface area contributed by atoms with E-state index in [1.54, 1.807) is 75.1 Å². The maximum absolute atomic E-state index is 12.7. The molecule has 0 spiro atoms. The van der Waals surface area contributed by atoms with Gasteiger partial charge in [0.1, 0.15) is 60.9 Å². The van der Waals surface area contributed by atoms with Crippen LogP contribution < -0.4 is 28.4 Å². The molecule has 0 aliphatic heterocycles. The van der Waals surface area contributed by atoms with Gasteiger partial charge in [-0.1, -0.05) is 24.3 Å². The molecular weight excluding hydrogens is 741 g/mol. The number of aromatic nitrogens is 2. The lowest BCUT2D eigenvalue weighted by Gasteiger charge is -2.17. The second-order valence-electron chi connectivity index (χ2n) is 14.1. The van der Waals surface area contributed by atoms with E-state index in [0.717, 1.165) is 44.1 Å². The summed E-state index contributed by atoms with van der Waals surface area (Å²) in [6.45, 7) is 9.74. The number of hydrogen-bond donors (Lipinski definition) is 0. The Balaban J connectivity index is 0.963. The van der Waals surface area contributed by atoms with Crippen LogP contribution in [0.1, 0.15) is 56.9 Å². The van der Waals surface area contributed by atoms with Gasteiger partial charge in [-0.15, -0.1) is 0 Å². The first-order valence-corrected chi connectivity index (χ1v) is 19.0.